The van der Waals surface area contributed by atoms with Crippen LogP contribution in [0.15, 0.2) is 12.2 Å². The largest absolute Gasteiger partial charge is 0.0845 e. The molecule has 0 nitrogen and oxygen atoms in total. The molecule has 1 saturated carbocycles. The van der Waals surface area contributed by atoms with E-state index in [0.29, 0.717) is 0 Å². The van der Waals surface area contributed by atoms with Crippen molar-refractivity contribution in [3.63, 3.8) is 0 Å². The summed E-state index contributed by atoms with van der Waals surface area (Å²) in [6.07, 6.45) is 6.06. The van der Waals surface area contributed by atoms with Crippen molar-refractivity contribution < 1.29 is 0 Å². The molecule has 2 aliphatic carbocycles. The minimum Gasteiger partial charge on any atom is -0.0845 e. The highest BCUT2D eigenvalue weighted by molar-refractivity contribution is 5.20. The first-order valence-corrected chi connectivity index (χ1v) is 2.15. The molecule has 2 rings (SSSR count). The Labute approximate surface area is 31.5 Å². The van der Waals surface area contributed by atoms with Gasteiger partial charge in [0.05, 0.1) is 0 Å². The van der Waals surface area contributed by atoms with Gasteiger partial charge in [0.25, 0.3) is 0 Å². The Morgan fingerprint density at radius 3 is 1.80 bits per heavy atom. The summed E-state index contributed by atoms with van der Waals surface area (Å²) in [6, 6.07) is 0. The maximum atomic E-state index is 2.30. The van der Waals surface area contributed by atoms with E-state index in [-0.39, 0.29) is 0 Å². The van der Waals surface area contributed by atoms with Crippen molar-refractivity contribution >= 4 is 0 Å². The highest BCUT2D eigenvalue weighted by Crippen LogP contribution is 2.48. The molecular formula is C5H6. The maximum Gasteiger partial charge on any atom is -0.0164 e. The van der Waals surface area contributed by atoms with E-state index in [9.17, 15) is 0 Å². The molecule has 2 aliphatic rings. The smallest absolute Gasteiger partial charge is 0.0164 e. The Balaban J connectivity index is 2.46. The molecule has 26 valence electrons. The van der Waals surface area contributed by atoms with E-state index < -0.39 is 0 Å². The Bertz CT molecular complexity index is 72.0. The minimum absolute atomic E-state index is 1.05. The van der Waals surface area contributed by atoms with Crippen LogP contribution in [0.1, 0.15) is 6.42 Å². The molecule has 0 aliphatic heterocycles. The molecule has 0 aromatic heterocycles. The van der Waals surface area contributed by atoms with Crippen LogP contribution >= 0.6 is 0 Å². The number of allylic oxidation sites excluding steroid dienone is 2. The van der Waals surface area contributed by atoms with Crippen LogP contribution in [0.25, 0.3) is 0 Å². The Kier molecular flexibility index (Phi) is 0.148. The van der Waals surface area contributed by atoms with Crippen molar-refractivity contribution in [2.75, 3.05) is 0 Å². The Hall–Kier alpha value is -0.260. The first-order chi connectivity index (χ1) is 2.47. The van der Waals surface area contributed by atoms with Crippen molar-refractivity contribution in [2.45, 2.75) is 6.42 Å². The molecular weight excluding hydrogens is 60.1 g/mol. The molecule has 0 spiro atoms. The van der Waals surface area contributed by atoms with Gasteiger partial charge in [0.15, 0.2) is 0 Å². The molecule has 0 radical (unpaired) electrons. The predicted octanol–water partition coefficient (Wildman–Crippen LogP) is 1.19. The fourth-order valence-electron chi connectivity index (χ4n) is 0.818. The van der Waals surface area contributed by atoms with Gasteiger partial charge in [-0.05, 0) is 18.3 Å². The average Bonchev–Trinajstić information content (AvgIpc) is 1.74. The first kappa shape index (κ1) is 2.01. The summed E-state index contributed by atoms with van der Waals surface area (Å²) in [5.74, 6) is 2.10. The highest BCUT2D eigenvalue weighted by Gasteiger charge is 2.38. The monoisotopic (exact) mass is 66.0 g/mol. The molecule has 5 heavy (non-hydrogen) atoms. The van der Waals surface area contributed by atoms with Crippen LogP contribution in [0, 0.1) is 11.8 Å². The van der Waals surface area contributed by atoms with Crippen LogP contribution < -0.4 is 0 Å². The van der Waals surface area contributed by atoms with Crippen molar-refractivity contribution in [3.8, 4) is 0 Å². The van der Waals surface area contributed by atoms with E-state index in [0.717, 1.165) is 11.8 Å². The summed E-state index contributed by atoms with van der Waals surface area (Å²) in [5, 5.41) is 0. The summed E-state index contributed by atoms with van der Waals surface area (Å²) in [6.45, 7) is 0. The molecule has 0 aromatic rings. The van der Waals surface area contributed by atoms with E-state index in [1.54, 1.807) is 0 Å². The van der Waals surface area contributed by atoms with E-state index in [1.165, 1.54) is 6.42 Å². The van der Waals surface area contributed by atoms with Crippen molar-refractivity contribution in [3.05, 3.63) is 12.2 Å². The summed E-state index contributed by atoms with van der Waals surface area (Å²) >= 11 is 0. The number of hydrogen-bond donors (Lipinski definition) is 0. The van der Waals surface area contributed by atoms with Gasteiger partial charge in [0.1, 0.15) is 0 Å². The van der Waals surface area contributed by atoms with Crippen molar-refractivity contribution in [2.24, 2.45) is 11.8 Å². The van der Waals surface area contributed by atoms with Gasteiger partial charge in [-0.2, -0.15) is 0 Å². The number of hydrogen-bond acceptors (Lipinski definition) is 0. The normalized spacial score (nSPS) is 54.4. The summed E-state index contributed by atoms with van der Waals surface area (Å²) in [5.41, 5.74) is 0. The van der Waals surface area contributed by atoms with Gasteiger partial charge in [0.2, 0.25) is 0 Å². The molecule has 0 amide bonds. The number of fused-ring (bicyclic) bond motifs is 1. The zero-order valence-corrected chi connectivity index (χ0v) is 3.02. The van der Waals surface area contributed by atoms with E-state index in [4.69, 9.17) is 0 Å². The molecule has 0 bridgehead atoms. The van der Waals surface area contributed by atoms with Crippen LogP contribution in [0.3, 0.4) is 0 Å². The third-order valence-corrected chi connectivity index (χ3v) is 1.50. The van der Waals surface area contributed by atoms with Crippen LogP contribution in [0.4, 0.5) is 0 Å². The van der Waals surface area contributed by atoms with E-state index >= 15 is 0 Å². The standard InChI is InChI=1S/C5H6/c1-2-5-3-4(1)5/h1-2,4-5H,3H2. The lowest BCUT2D eigenvalue weighted by Crippen LogP contribution is -1.80. The number of rotatable bonds is 0. The van der Waals surface area contributed by atoms with E-state index in [1.807, 2.05) is 0 Å². The van der Waals surface area contributed by atoms with Gasteiger partial charge in [-0.1, -0.05) is 12.2 Å². The van der Waals surface area contributed by atoms with Crippen LogP contribution in [0.5, 0.6) is 0 Å². The zero-order chi connectivity index (χ0) is 3.28. The van der Waals surface area contributed by atoms with E-state index in [2.05, 4.69) is 12.2 Å². The molecule has 0 heterocycles. The van der Waals surface area contributed by atoms with Gasteiger partial charge < -0.3 is 0 Å². The van der Waals surface area contributed by atoms with Crippen molar-refractivity contribution in [1.82, 2.24) is 0 Å². The zero-order valence-electron chi connectivity index (χ0n) is 3.02. The third-order valence-electron chi connectivity index (χ3n) is 1.50. The van der Waals surface area contributed by atoms with Gasteiger partial charge in [-0.25, -0.2) is 0 Å². The quantitative estimate of drug-likeness (QED) is 0.372. The second-order valence-electron chi connectivity index (χ2n) is 1.95. The summed E-state index contributed by atoms with van der Waals surface area (Å²) in [7, 11) is 0. The average molecular weight is 66.1 g/mol. The minimum atomic E-state index is 1.05. The first-order valence-electron chi connectivity index (χ1n) is 2.15. The van der Waals surface area contributed by atoms with Gasteiger partial charge >= 0.3 is 0 Å². The predicted molar refractivity (Wildman–Crippen MR) is 20.7 cm³/mol. The Morgan fingerprint density at radius 1 is 1.20 bits per heavy atom. The van der Waals surface area contributed by atoms with Crippen LogP contribution in [0.2, 0.25) is 0 Å². The molecule has 0 saturated heterocycles. The Morgan fingerprint density at radius 2 is 1.80 bits per heavy atom. The van der Waals surface area contributed by atoms with Crippen LogP contribution in [-0.2, 0) is 0 Å². The molecule has 1 fully saturated rings. The molecule has 0 aromatic carbocycles. The molecule has 2 atom stereocenters. The molecule has 0 N–H and O–H groups in total. The summed E-state index contributed by atoms with van der Waals surface area (Å²) < 4.78 is 0. The lowest BCUT2D eigenvalue weighted by Gasteiger charge is -1.91. The fourth-order valence-corrected chi connectivity index (χ4v) is 0.818. The van der Waals surface area contributed by atoms with Gasteiger partial charge in [0, 0.05) is 0 Å². The van der Waals surface area contributed by atoms with Crippen molar-refractivity contribution in [1.29, 1.82) is 0 Å². The fraction of sp³-hybridized carbons (Fsp3) is 0.600. The second kappa shape index (κ2) is 0.368. The lowest BCUT2D eigenvalue weighted by molar-refractivity contribution is 0.907. The maximum absolute atomic E-state index is 2.30. The molecule has 2 unspecified atom stereocenters. The highest BCUT2D eigenvalue weighted by atomic mass is 14.4. The molecule has 0 heteroatoms. The second-order valence-corrected chi connectivity index (χ2v) is 1.95. The SMILES string of the molecule is C1=CC2CC12. The summed E-state index contributed by atoms with van der Waals surface area (Å²) in [4.78, 5) is 0. The van der Waals surface area contributed by atoms with Gasteiger partial charge in [-0.3, -0.25) is 0 Å². The topological polar surface area (TPSA) is 0 Å². The lowest BCUT2D eigenvalue weighted by atomic mass is 10.1. The van der Waals surface area contributed by atoms with Gasteiger partial charge in [-0.15, -0.1) is 0 Å². The third kappa shape index (κ3) is 0.0982. The van der Waals surface area contributed by atoms with Crippen LogP contribution in [-0.4, -0.2) is 0 Å².